The van der Waals surface area contributed by atoms with Gasteiger partial charge in [-0.3, -0.25) is 20.4 Å². The van der Waals surface area contributed by atoms with Crippen LogP contribution in [0.5, 0.6) is 0 Å². The third kappa shape index (κ3) is 5.33. The number of furan rings is 1. The summed E-state index contributed by atoms with van der Waals surface area (Å²) in [6, 6.07) is 14.0. The van der Waals surface area contributed by atoms with Crippen LogP contribution in [-0.4, -0.2) is 21.8 Å². The minimum absolute atomic E-state index is 0.306. The fraction of sp³-hybridized carbons (Fsp3) is 0.154. The van der Waals surface area contributed by atoms with Crippen molar-refractivity contribution in [3.63, 3.8) is 0 Å². The zero-order chi connectivity index (χ0) is 25.1. The number of nitrogens with one attached hydrogen (secondary N) is 3. The number of anilines is 2. The van der Waals surface area contributed by atoms with Crippen molar-refractivity contribution in [2.24, 2.45) is 0 Å². The van der Waals surface area contributed by atoms with Crippen molar-refractivity contribution in [2.45, 2.75) is 27.7 Å². The molecule has 35 heavy (non-hydrogen) atoms. The van der Waals surface area contributed by atoms with Crippen LogP contribution in [0.3, 0.4) is 0 Å². The van der Waals surface area contributed by atoms with Crippen molar-refractivity contribution >= 4 is 35.1 Å². The molecule has 0 radical (unpaired) electrons. The molecule has 2 aromatic heterocycles. The Morgan fingerprint density at radius 2 is 1.69 bits per heavy atom. The van der Waals surface area contributed by atoms with Crippen molar-refractivity contribution < 1.29 is 14.0 Å². The molecule has 3 N–H and O–H groups in total. The maximum absolute atomic E-state index is 12.7. The molecule has 0 saturated carbocycles. The number of hydrazine groups is 1. The maximum Gasteiger partial charge on any atom is 0.271 e. The Morgan fingerprint density at radius 3 is 2.40 bits per heavy atom. The summed E-state index contributed by atoms with van der Waals surface area (Å²) in [6.07, 6.45) is 1.66. The van der Waals surface area contributed by atoms with Gasteiger partial charge in [0.25, 0.3) is 11.8 Å². The second-order valence-corrected chi connectivity index (χ2v) is 8.49. The minimum atomic E-state index is -0.498. The van der Waals surface area contributed by atoms with Gasteiger partial charge in [0, 0.05) is 23.0 Å². The van der Waals surface area contributed by atoms with Gasteiger partial charge in [-0.2, -0.15) is 0 Å². The fourth-order valence-electron chi connectivity index (χ4n) is 3.64. The normalized spacial score (nSPS) is 10.7. The monoisotopic (exact) mass is 489 g/mol. The number of carbonyl (C=O) groups excluding carboxylic acids is 2. The predicted molar refractivity (Wildman–Crippen MR) is 135 cm³/mol. The molecule has 9 heteroatoms. The Morgan fingerprint density at radius 1 is 0.914 bits per heavy atom. The van der Waals surface area contributed by atoms with Gasteiger partial charge in [-0.1, -0.05) is 29.8 Å². The highest BCUT2D eigenvalue weighted by Gasteiger charge is 2.16. The summed E-state index contributed by atoms with van der Waals surface area (Å²) >= 11 is 6.13. The van der Waals surface area contributed by atoms with Crippen LogP contribution in [-0.2, 0) is 0 Å². The van der Waals surface area contributed by atoms with Gasteiger partial charge in [0.05, 0.1) is 16.3 Å². The van der Waals surface area contributed by atoms with Crippen LogP contribution in [0.2, 0.25) is 5.02 Å². The topological polar surface area (TPSA) is 109 Å². The lowest BCUT2D eigenvalue weighted by Crippen LogP contribution is -2.42. The van der Waals surface area contributed by atoms with Crippen molar-refractivity contribution in [1.29, 1.82) is 0 Å². The van der Waals surface area contributed by atoms with E-state index in [-0.39, 0.29) is 0 Å². The third-order valence-electron chi connectivity index (χ3n) is 5.46. The summed E-state index contributed by atoms with van der Waals surface area (Å²) < 4.78 is 5.61. The van der Waals surface area contributed by atoms with Gasteiger partial charge in [0.15, 0.2) is 0 Å². The summed E-state index contributed by atoms with van der Waals surface area (Å²) in [4.78, 5) is 34.1. The van der Waals surface area contributed by atoms with Crippen molar-refractivity contribution in [3.05, 3.63) is 93.5 Å². The van der Waals surface area contributed by atoms with Crippen LogP contribution in [0.4, 0.5) is 11.6 Å². The van der Waals surface area contributed by atoms with Gasteiger partial charge >= 0.3 is 0 Å². The summed E-state index contributed by atoms with van der Waals surface area (Å²) in [5, 5.41) is 3.48. The number of halogens is 1. The summed E-state index contributed by atoms with van der Waals surface area (Å²) in [5.74, 6) is 0.976. The minimum Gasteiger partial charge on any atom is -0.466 e. The fourth-order valence-corrected chi connectivity index (χ4v) is 3.95. The number of benzene rings is 2. The first kappa shape index (κ1) is 24.0. The van der Waals surface area contributed by atoms with E-state index >= 15 is 0 Å². The molecular weight excluding hydrogens is 466 g/mol. The number of hydrogen-bond donors (Lipinski definition) is 3. The SMILES string of the molecule is Cc1cc(-c2ccnc(Nc3cc(C(=O)NNC(=O)c4c(C)cccc4Cl)ccc3C)n2)c(C)o1. The lowest BCUT2D eigenvalue weighted by atomic mass is 10.1. The summed E-state index contributed by atoms with van der Waals surface area (Å²) in [7, 11) is 0. The largest absolute Gasteiger partial charge is 0.466 e. The average molecular weight is 490 g/mol. The van der Waals surface area contributed by atoms with Crippen LogP contribution in [0, 0.1) is 27.7 Å². The highest BCUT2D eigenvalue weighted by atomic mass is 35.5. The first-order valence-corrected chi connectivity index (χ1v) is 11.2. The predicted octanol–water partition coefficient (Wildman–Crippen LogP) is 5.44. The molecule has 4 aromatic rings. The van der Waals surface area contributed by atoms with E-state index in [1.165, 1.54) is 0 Å². The quantitative estimate of drug-likeness (QED) is 0.322. The first-order valence-electron chi connectivity index (χ1n) is 10.9. The Kier molecular flexibility index (Phi) is 6.84. The van der Waals surface area contributed by atoms with Gasteiger partial charge < -0.3 is 9.73 Å². The molecule has 0 aliphatic heterocycles. The Balaban J connectivity index is 1.49. The molecule has 0 spiro atoms. The summed E-state index contributed by atoms with van der Waals surface area (Å²) in [6.45, 7) is 7.44. The van der Waals surface area contributed by atoms with Crippen molar-refractivity contribution in [3.8, 4) is 11.3 Å². The third-order valence-corrected chi connectivity index (χ3v) is 5.77. The number of aryl methyl sites for hydroxylation is 4. The van der Waals surface area contributed by atoms with Gasteiger partial charge in [-0.05, 0) is 69.2 Å². The zero-order valence-corrected chi connectivity index (χ0v) is 20.4. The molecule has 0 atom stereocenters. The standard InChI is InChI=1S/C26H24ClN5O3/c1-14-8-9-18(24(33)31-32-25(34)23-15(2)6-5-7-20(23)27)13-22(14)30-26-28-11-10-21(29-26)19-12-16(3)35-17(19)4/h5-13H,1-4H3,(H,31,33)(H,32,34)(H,28,29,30). The van der Waals surface area contributed by atoms with Gasteiger partial charge in [-0.15, -0.1) is 0 Å². The molecule has 2 aromatic carbocycles. The Hall–Kier alpha value is -4.17. The molecule has 178 valence electrons. The average Bonchev–Trinajstić information content (AvgIpc) is 3.16. The molecular formula is C26H24ClN5O3. The highest BCUT2D eigenvalue weighted by Crippen LogP contribution is 2.27. The second kappa shape index (κ2) is 9.99. The van der Waals surface area contributed by atoms with Crippen LogP contribution < -0.4 is 16.2 Å². The molecule has 0 fully saturated rings. The number of rotatable bonds is 5. The number of carbonyl (C=O) groups is 2. The van der Waals surface area contributed by atoms with Gasteiger partial charge in [-0.25, -0.2) is 9.97 Å². The number of nitrogens with zero attached hydrogens (tertiary/aromatic N) is 2. The van der Waals surface area contributed by atoms with Crippen LogP contribution in [0.1, 0.15) is 43.4 Å². The van der Waals surface area contributed by atoms with E-state index in [1.807, 2.05) is 32.9 Å². The van der Waals surface area contributed by atoms with Crippen molar-refractivity contribution in [2.75, 3.05) is 5.32 Å². The molecule has 2 heterocycles. The number of hydrogen-bond acceptors (Lipinski definition) is 6. The van der Waals surface area contributed by atoms with E-state index in [0.29, 0.717) is 33.3 Å². The van der Waals surface area contributed by atoms with E-state index in [2.05, 4.69) is 26.1 Å². The first-order chi connectivity index (χ1) is 16.7. The van der Waals surface area contributed by atoms with E-state index in [0.717, 1.165) is 28.3 Å². The molecule has 4 rings (SSSR count). The zero-order valence-electron chi connectivity index (χ0n) is 19.7. The highest BCUT2D eigenvalue weighted by molar-refractivity contribution is 6.34. The van der Waals surface area contributed by atoms with Crippen LogP contribution in [0.15, 0.2) is 59.1 Å². The lowest BCUT2D eigenvalue weighted by molar-refractivity contribution is 0.0846. The molecule has 8 nitrogen and oxygen atoms in total. The molecule has 0 unspecified atom stereocenters. The van der Waals surface area contributed by atoms with E-state index in [1.54, 1.807) is 49.5 Å². The lowest BCUT2D eigenvalue weighted by Gasteiger charge is -2.13. The van der Waals surface area contributed by atoms with E-state index in [9.17, 15) is 9.59 Å². The van der Waals surface area contributed by atoms with E-state index in [4.69, 9.17) is 16.0 Å². The van der Waals surface area contributed by atoms with Gasteiger partial charge in [0.2, 0.25) is 5.95 Å². The molecule has 0 saturated heterocycles. The Bertz CT molecular complexity index is 1410. The second-order valence-electron chi connectivity index (χ2n) is 8.09. The maximum atomic E-state index is 12.7. The molecule has 2 amide bonds. The smallest absolute Gasteiger partial charge is 0.271 e. The summed E-state index contributed by atoms with van der Waals surface area (Å²) in [5.41, 5.74) is 9.36. The molecule has 0 aliphatic rings. The van der Waals surface area contributed by atoms with Crippen LogP contribution in [0.25, 0.3) is 11.3 Å². The number of amides is 2. The van der Waals surface area contributed by atoms with Gasteiger partial charge in [0.1, 0.15) is 11.5 Å². The number of aromatic nitrogens is 2. The van der Waals surface area contributed by atoms with E-state index < -0.39 is 11.8 Å². The Labute approximate surface area is 207 Å². The van der Waals surface area contributed by atoms with Crippen molar-refractivity contribution in [1.82, 2.24) is 20.8 Å². The molecule has 0 bridgehead atoms. The van der Waals surface area contributed by atoms with Crippen LogP contribution >= 0.6 is 11.6 Å². The molecule has 0 aliphatic carbocycles.